The highest BCUT2D eigenvalue weighted by Gasteiger charge is 2.59. The third kappa shape index (κ3) is 1.84. The topological polar surface area (TPSA) is 37.3 Å². The predicted octanol–water partition coefficient (Wildman–Crippen LogP) is 3.96. The first-order chi connectivity index (χ1) is 9.95. The second kappa shape index (κ2) is 4.57. The first-order valence-electron chi connectivity index (χ1n) is 9.15. The second-order valence-corrected chi connectivity index (χ2v) is 9.04. The molecule has 2 heteroatoms. The molecule has 0 aliphatic heterocycles. The van der Waals surface area contributed by atoms with E-state index in [1.54, 1.807) is 0 Å². The minimum Gasteiger partial charge on any atom is -0.393 e. The molecule has 7 atom stereocenters. The van der Waals surface area contributed by atoms with Gasteiger partial charge in [-0.25, -0.2) is 0 Å². The Balaban J connectivity index is 1.64. The Morgan fingerprint density at radius 1 is 0.952 bits per heavy atom. The van der Waals surface area contributed by atoms with Crippen molar-refractivity contribution < 1.29 is 9.90 Å². The molecule has 0 spiro atoms. The van der Waals surface area contributed by atoms with Gasteiger partial charge < -0.3 is 5.11 Å². The smallest absolute Gasteiger partial charge is 0.133 e. The van der Waals surface area contributed by atoms with Crippen molar-refractivity contribution in [1.82, 2.24) is 0 Å². The lowest BCUT2D eigenvalue weighted by molar-refractivity contribution is -0.141. The fourth-order valence-electron chi connectivity index (χ4n) is 7.02. The standard InChI is InChI=1S/C19H30O2/c1-18-9-7-13(20)11-12(18)3-4-14-15-5-6-17(21)19(15,2)10-8-16(14)18/h12,14-17,21H,3-11H2,1-2H3/t12-,14+,15+,16-,17+,18+,19-/m1/s1. The summed E-state index contributed by atoms with van der Waals surface area (Å²) < 4.78 is 0. The summed E-state index contributed by atoms with van der Waals surface area (Å²) in [5.41, 5.74) is 0.598. The van der Waals surface area contributed by atoms with Crippen molar-refractivity contribution in [3.05, 3.63) is 0 Å². The molecule has 118 valence electrons. The molecular formula is C19H30O2. The summed E-state index contributed by atoms with van der Waals surface area (Å²) in [7, 11) is 0. The summed E-state index contributed by atoms with van der Waals surface area (Å²) >= 11 is 0. The number of ketones is 1. The second-order valence-electron chi connectivity index (χ2n) is 9.04. The minimum atomic E-state index is -0.0677. The maximum Gasteiger partial charge on any atom is 0.133 e. The Bertz CT molecular complexity index is 458. The monoisotopic (exact) mass is 290 g/mol. The van der Waals surface area contributed by atoms with E-state index in [1.165, 1.54) is 32.1 Å². The van der Waals surface area contributed by atoms with Crippen molar-refractivity contribution in [2.24, 2.45) is 34.5 Å². The van der Waals surface area contributed by atoms with E-state index < -0.39 is 0 Å². The summed E-state index contributed by atoms with van der Waals surface area (Å²) in [4.78, 5) is 11.9. The predicted molar refractivity (Wildman–Crippen MR) is 82.7 cm³/mol. The maximum atomic E-state index is 11.9. The number of hydrogen-bond donors (Lipinski definition) is 1. The molecule has 0 bridgehead atoms. The third-order valence-electron chi connectivity index (χ3n) is 8.43. The summed E-state index contributed by atoms with van der Waals surface area (Å²) in [6, 6.07) is 0. The highest BCUT2D eigenvalue weighted by molar-refractivity contribution is 5.79. The van der Waals surface area contributed by atoms with Gasteiger partial charge in [0.05, 0.1) is 6.10 Å². The van der Waals surface area contributed by atoms with Crippen molar-refractivity contribution in [2.45, 2.75) is 77.7 Å². The van der Waals surface area contributed by atoms with Crippen LogP contribution in [0, 0.1) is 34.5 Å². The average molecular weight is 290 g/mol. The zero-order chi connectivity index (χ0) is 14.8. The Morgan fingerprint density at radius 3 is 2.52 bits per heavy atom. The molecule has 0 aromatic carbocycles. The van der Waals surface area contributed by atoms with Crippen molar-refractivity contribution in [3.63, 3.8) is 0 Å². The molecule has 0 amide bonds. The lowest BCUT2D eigenvalue weighted by Crippen LogP contribution is -2.54. The highest BCUT2D eigenvalue weighted by atomic mass is 16.3. The first kappa shape index (κ1) is 14.2. The molecule has 4 aliphatic carbocycles. The van der Waals surface area contributed by atoms with Gasteiger partial charge >= 0.3 is 0 Å². The van der Waals surface area contributed by atoms with Crippen LogP contribution >= 0.6 is 0 Å². The van der Waals surface area contributed by atoms with E-state index in [-0.39, 0.29) is 11.5 Å². The number of hydrogen-bond acceptors (Lipinski definition) is 2. The number of aliphatic hydroxyl groups is 1. The molecule has 0 saturated heterocycles. The van der Waals surface area contributed by atoms with Crippen molar-refractivity contribution in [2.75, 3.05) is 0 Å². The molecule has 0 heterocycles. The van der Waals surface area contributed by atoms with Crippen LogP contribution in [0.25, 0.3) is 0 Å². The summed E-state index contributed by atoms with van der Waals surface area (Å²) in [6.45, 7) is 4.85. The number of aliphatic hydroxyl groups excluding tert-OH is 1. The Hall–Kier alpha value is -0.370. The van der Waals surface area contributed by atoms with E-state index in [0.717, 1.165) is 43.4 Å². The van der Waals surface area contributed by atoms with Gasteiger partial charge in [-0.2, -0.15) is 0 Å². The van der Waals surface area contributed by atoms with Crippen molar-refractivity contribution in [3.8, 4) is 0 Å². The number of carbonyl (C=O) groups excluding carboxylic acids is 1. The van der Waals surface area contributed by atoms with Crippen LogP contribution < -0.4 is 0 Å². The van der Waals surface area contributed by atoms with Crippen LogP contribution in [0.1, 0.15) is 71.6 Å². The number of fused-ring (bicyclic) bond motifs is 5. The average Bonchev–Trinajstić information content (AvgIpc) is 2.76. The molecule has 4 rings (SSSR count). The van der Waals surface area contributed by atoms with Crippen LogP contribution in [0.4, 0.5) is 0 Å². The fourth-order valence-corrected chi connectivity index (χ4v) is 7.02. The maximum absolute atomic E-state index is 11.9. The third-order valence-corrected chi connectivity index (χ3v) is 8.43. The van der Waals surface area contributed by atoms with Gasteiger partial charge in [0.25, 0.3) is 0 Å². The van der Waals surface area contributed by atoms with Gasteiger partial charge in [0, 0.05) is 12.8 Å². The molecule has 0 radical (unpaired) electrons. The van der Waals surface area contributed by atoms with Gasteiger partial charge in [0.15, 0.2) is 0 Å². The van der Waals surface area contributed by atoms with Gasteiger partial charge in [0.2, 0.25) is 0 Å². The first-order valence-corrected chi connectivity index (χ1v) is 9.15. The number of Topliss-reactive ketones (excluding diaryl/α,β-unsaturated/α-hetero) is 1. The number of rotatable bonds is 0. The summed E-state index contributed by atoms with van der Waals surface area (Å²) in [5, 5.41) is 10.5. The van der Waals surface area contributed by atoms with E-state index in [4.69, 9.17) is 0 Å². The molecule has 2 nitrogen and oxygen atoms in total. The van der Waals surface area contributed by atoms with Crippen LogP contribution in [-0.4, -0.2) is 17.0 Å². The van der Waals surface area contributed by atoms with Gasteiger partial charge in [0.1, 0.15) is 5.78 Å². The molecule has 4 saturated carbocycles. The summed E-state index contributed by atoms with van der Waals surface area (Å²) in [5.74, 6) is 3.52. The van der Waals surface area contributed by atoms with Crippen LogP contribution in [0.15, 0.2) is 0 Å². The molecule has 0 aromatic rings. The molecule has 4 fully saturated rings. The van der Waals surface area contributed by atoms with Crippen LogP contribution in [-0.2, 0) is 4.79 Å². The van der Waals surface area contributed by atoms with Crippen LogP contribution in [0.3, 0.4) is 0 Å². The molecule has 4 aliphatic rings. The minimum absolute atomic E-state index is 0.0677. The molecule has 0 aromatic heterocycles. The van der Waals surface area contributed by atoms with E-state index in [0.29, 0.717) is 17.1 Å². The van der Waals surface area contributed by atoms with Crippen LogP contribution in [0.2, 0.25) is 0 Å². The Kier molecular flexibility index (Phi) is 3.10. The van der Waals surface area contributed by atoms with Gasteiger partial charge in [-0.15, -0.1) is 0 Å². The van der Waals surface area contributed by atoms with E-state index >= 15 is 0 Å². The largest absolute Gasteiger partial charge is 0.393 e. The van der Waals surface area contributed by atoms with E-state index in [9.17, 15) is 9.90 Å². The van der Waals surface area contributed by atoms with E-state index in [1.807, 2.05) is 0 Å². The summed E-state index contributed by atoms with van der Waals surface area (Å²) in [6.07, 6.45) is 10.0. The van der Waals surface area contributed by atoms with Gasteiger partial charge in [-0.3, -0.25) is 4.79 Å². The normalized spacial score (nSPS) is 56.5. The molecule has 21 heavy (non-hydrogen) atoms. The molecule has 0 unspecified atom stereocenters. The lowest BCUT2D eigenvalue weighted by Gasteiger charge is -2.60. The SMILES string of the molecule is C[C@]12CCC(=O)C[C@H]1CC[C@@H]1[C@H]2CC[C@@]2(C)[C@@H](O)CC[C@@H]12. The number of carbonyl (C=O) groups is 1. The van der Waals surface area contributed by atoms with E-state index in [2.05, 4.69) is 13.8 Å². The Morgan fingerprint density at radius 2 is 1.71 bits per heavy atom. The van der Waals surface area contributed by atoms with Crippen molar-refractivity contribution in [1.29, 1.82) is 0 Å². The Labute approximate surface area is 128 Å². The van der Waals surface area contributed by atoms with Gasteiger partial charge in [-0.05, 0) is 79.4 Å². The van der Waals surface area contributed by atoms with Crippen molar-refractivity contribution >= 4 is 5.78 Å². The highest BCUT2D eigenvalue weighted by Crippen LogP contribution is 2.65. The zero-order valence-electron chi connectivity index (χ0n) is 13.6. The zero-order valence-corrected chi connectivity index (χ0v) is 13.6. The van der Waals surface area contributed by atoms with Crippen LogP contribution in [0.5, 0.6) is 0 Å². The molecular weight excluding hydrogens is 260 g/mol. The quantitative estimate of drug-likeness (QED) is 0.733. The lowest BCUT2D eigenvalue weighted by atomic mass is 9.45. The fraction of sp³-hybridized carbons (Fsp3) is 0.947. The van der Waals surface area contributed by atoms with Gasteiger partial charge in [-0.1, -0.05) is 13.8 Å². The molecule has 1 N–H and O–H groups in total.